The smallest absolute Gasteiger partial charge is 0.167 e. The fourth-order valence-corrected chi connectivity index (χ4v) is 3.10. The minimum Gasteiger partial charge on any atom is -0.497 e. The number of hydrogen-bond acceptors (Lipinski definition) is 6. The van der Waals surface area contributed by atoms with Gasteiger partial charge < -0.3 is 18.4 Å². The molecule has 0 unspecified atom stereocenters. The lowest BCUT2D eigenvalue weighted by Gasteiger charge is -2.41. The lowest BCUT2D eigenvalue weighted by atomic mass is 9.91. The van der Waals surface area contributed by atoms with Gasteiger partial charge in [-0.05, 0) is 43.3 Å². The molecule has 1 saturated heterocycles. The van der Waals surface area contributed by atoms with E-state index in [1.165, 1.54) is 0 Å². The number of nitrogens with zero attached hydrogens (tertiary/aromatic N) is 1. The molecule has 136 valence electrons. The number of benzene rings is 1. The Labute approximate surface area is 152 Å². The van der Waals surface area contributed by atoms with Crippen LogP contribution in [0.5, 0.6) is 5.75 Å². The molecule has 1 N–H and O–H groups in total. The van der Waals surface area contributed by atoms with E-state index < -0.39 is 0 Å². The quantitative estimate of drug-likeness (QED) is 0.702. The molecule has 3 aromatic rings. The van der Waals surface area contributed by atoms with E-state index in [9.17, 15) is 0 Å². The first-order valence-electron chi connectivity index (χ1n) is 8.64. The van der Waals surface area contributed by atoms with E-state index in [1.54, 1.807) is 7.11 Å². The van der Waals surface area contributed by atoms with Crippen molar-refractivity contribution in [2.45, 2.75) is 25.4 Å². The Morgan fingerprint density at radius 1 is 1.15 bits per heavy atom. The van der Waals surface area contributed by atoms with E-state index in [0.717, 1.165) is 40.7 Å². The zero-order valence-electron chi connectivity index (χ0n) is 15.0. The van der Waals surface area contributed by atoms with Crippen LogP contribution in [0.15, 0.2) is 51.4 Å². The first kappa shape index (κ1) is 16.9. The number of hydrogen-bond donors (Lipinski definition) is 1. The van der Waals surface area contributed by atoms with E-state index >= 15 is 0 Å². The Morgan fingerprint density at radius 3 is 2.58 bits per heavy atom. The minimum absolute atomic E-state index is 0.130. The van der Waals surface area contributed by atoms with Crippen molar-refractivity contribution in [3.63, 3.8) is 0 Å². The third-order valence-corrected chi connectivity index (χ3v) is 4.64. The lowest BCUT2D eigenvalue weighted by Crippen LogP contribution is -2.61. The molecule has 0 atom stereocenters. The Hall–Kier alpha value is -2.57. The van der Waals surface area contributed by atoms with E-state index in [4.69, 9.17) is 18.4 Å². The van der Waals surface area contributed by atoms with Crippen LogP contribution in [0.3, 0.4) is 0 Å². The first-order chi connectivity index (χ1) is 12.7. The highest BCUT2D eigenvalue weighted by atomic mass is 16.5. The summed E-state index contributed by atoms with van der Waals surface area (Å²) in [4.78, 5) is 0. The monoisotopic (exact) mass is 354 g/mol. The molecule has 2 aromatic heterocycles. The van der Waals surface area contributed by atoms with Crippen molar-refractivity contribution in [3.05, 3.63) is 59.7 Å². The van der Waals surface area contributed by atoms with E-state index in [1.807, 2.05) is 49.4 Å². The Kier molecular flexibility index (Phi) is 4.53. The van der Waals surface area contributed by atoms with Gasteiger partial charge in [0, 0.05) is 18.1 Å². The van der Waals surface area contributed by atoms with Crippen LogP contribution >= 0.6 is 0 Å². The van der Waals surface area contributed by atoms with Crippen LogP contribution in [0.25, 0.3) is 11.3 Å². The Morgan fingerprint density at radius 2 is 1.96 bits per heavy atom. The molecule has 6 heteroatoms. The normalized spacial score (nSPS) is 15.6. The van der Waals surface area contributed by atoms with Gasteiger partial charge in [-0.25, -0.2) is 0 Å². The zero-order chi connectivity index (χ0) is 18.0. The number of methoxy groups -OCH3 is 1. The molecule has 3 heterocycles. The lowest BCUT2D eigenvalue weighted by molar-refractivity contribution is -0.0761. The molecule has 0 radical (unpaired) electrons. The van der Waals surface area contributed by atoms with Gasteiger partial charge in [0.15, 0.2) is 5.76 Å². The molecular formula is C20H22N2O4. The zero-order valence-corrected chi connectivity index (χ0v) is 15.0. The summed E-state index contributed by atoms with van der Waals surface area (Å²) in [6, 6.07) is 13.7. The average molecular weight is 354 g/mol. The van der Waals surface area contributed by atoms with Gasteiger partial charge in [0.05, 0.1) is 38.1 Å². The second-order valence-corrected chi connectivity index (χ2v) is 6.73. The van der Waals surface area contributed by atoms with Gasteiger partial charge in [-0.15, -0.1) is 0 Å². The Bertz CT molecular complexity index is 862. The second kappa shape index (κ2) is 6.97. The highest BCUT2D eigenvalue weighted by molar-refractivity contribution is 5.58. The summed E-state index contributed by atoms with van der Waals surface area (Å²) in [6.07, 6.45) is 0.742. The van der Waals surface area contributed by atoms with Gasteiger partial charge in [0.2, 0.25) is 0 Å². The number of aromatic nitrogens is 1. The van der Waals surface area contributed by atoms with Gasteiger partial charge in [0.1, 0.15) is 17.3 Å². The van der Waals surface area contributed by atoms with Crippen molar-refractivity contribution in [3.8, 4) is 17.1 Å². The van der Waals surface area contributed by atoms with Crippen LogP contribution in [0.1, 0.15) is 17.2 Å². The fourth-order valence-electron chi connectivity index (χ4n) is 3.10. The minimum atomic E-state index is -0.130. The summed E-state index contributed by atoms with van der Waals surface area (Å²) in [5.41, 5.74) is 1.75. The SMILES string of the molecule is COc1ccc(-c2cc(CC3(NCc4ccc(C)o4)COC3)no2)cc1. The largest absolute Gasteiger partial charge is 0.497 e. The number of ether oxygens (including phenoxy) is 2. The Balaban J connectivity index is 1.43. The van der Waals surface area contributed by atoms with E-state index in [-0.39, 0.29) is 5.54 Å². The average Bonchev–Trinajstić information content (AvgIpc) is 3.26. The number of furan rings is 1. The van der Waals surface area contributed by atoms with Gasteiger partial charge in [-0.3, -0.25) is 5.32 Å². The summed E-state index contributed by atoms with van der Waals surface area (Å²) in [7, 11) is 1.65. The number of rotatable bonds is 7. The van der Waals surface area contributed by atoms with Crippen molar-refractivity contribution < 1.29 is 18.4 Å². The van der Waals surface area contributed by atoms with Crippen molar-refractivity contribution in [1.29, 1.82) is 0 Å². The van der Waals surface area contributed by atoms with Gasteiger partial charge in [-0.1, -0.05) is 5.16 Å². The van der Waals surface area contributed by atoms with Crippen LogP contribution in [0.2, 0.25) is 0 Å². The maximum absolute atomic E-state index is 5.63. The summed E-state index contributed by atoms with van der Waals surface area (Å²) in [5.74, 6) is 3.41. The molecule has 0 spiro atoms. The van der Waals surface area contributed by atoms with Crippen LogP contribution in [-0.2, 0) is 17.7 Å². The first-order valence-corrected chi connectivity index (χ1v) is 8.64. The van der Waals surface area contributed by atoms with E-state index in [2.05, 4.69) is 10.5 Å². The molecule has 0 saturated carbocycles. The molecule has 0 amide bonds. The van der Waals surface area contributed by atoms with Gasteiger partial charge >= 0.3 is 0 Å². The third-order valence-electron chi connectivity index (χ3n) is 4.64. The highest BCUT2D eigenvalue weighted by Crippen LogP contribution is 2.27. The molecule has 1 aromatic carbocycles. The molecular weight excluding hydrogens is 332 g/mol. The summed E-state index contributed by atoms with van der Waals surface area (Å²) in [6.45, 7) is 3.91. The fraction of sp³-hybridized carbons (Fsp3) is 0.350. The summed E-state index contributed by atoms with van der Waals surface area (Å²) < 4.78 is 21.8. The molecule has 1 aliphatic heterocycles. The van der Waals surface area contributed by atoms with Crippen molar-refractivity contribution >= 4 is 0 Å². The molecule has 1 fully saturated rings. The second-order valence-electron chi connectivity index (χ2n) is 6.73. The maximum atomic E-state index is 5.63. The molecule has 6 nitrogen and oxygen atoms in total. The van der Waals surface area contributed by atoms with Crippen LogP contribution in [-0.4, -0.2) is 31.0 Å². The van der Waals surface area contributed by atoms with Crippen molar-refractivity contribution in [1.82, 2.24) is 10.5 Å². The molecule has 4 rings (SSSR count). The van der Waals surface area contributed by atoms with Crippen molar-refractivity contribution in [2.75, 3.05) is 20.3 Å². The maximum Gasteiger partial charge on any atom is 0.167 e. The summed E-state index contributed by atoms with van der Waals surface area (Å²) in [5, 5.41) is 7.79. The summed E-state index contributed by atoms with van der Waals surface area (Å²) >= 11 is 0. The molecule has 26 heavy (non-hydrogen) atoms. The van der Waals surface area contributed by atoms with Crippen LogP contribution in [0.4, 0.5) is 0 Å². The highest BCUT2D eigenvalue weighted by Gasteiger charge is 2.39. The van der Waals surface area contributed by atoms with E-state index in [0.29, 0.717) is 19.8 Å². The van der Waals surface area contributed by atoms with Crippen LogP contribution in [0, 0.1) is 6.92 Å². The standard InChI is InChI=1S/C20H22N2O4/c1-14-3-6-18(25-14)11-21-20(12-24-13-20)10-16-9-19(26-22-16)15-4-7-17(23-2)8-5-15/h3-9,21H,10-13H2,1-2H3. The van der Waals surface area contributed by atoms with Crippen LogP contribution < -0.4 is 10.1 Å². The number of nitrogens with one attached hydrogen (secondary N) is 1. The molecule has 1 aliphatic rings. The molecule has 0 bridgehead atoms. The third kappa shape index (κ3) is 3.52. The number of aryl methyl sites for hydroxylation is 1. The topological polar surface area (TPSA) is 69.7 Å². The van der Waals surface area contributed by atoms with Crippen molar-refractivity contribution in [2.24, 2.45) is 0 Å². The molecule has 0 aliphatic carbocycles. The predicted molar refractivity (Wildman–Crippen MR) is 96.0 cm³/mol. The van der Waals surface area contributed by atoms with Gasteiger partial charge in [0.25, 0.3) is 0 Å². The van der Waals surface area contributed by atoms with Gasteiger partial charge in [-0.2, -0.15) is 0 Å². The predicted octanol–water partition coefficient (Wildman–Crippen LogP) is 3.35.